The predicted octanol–water partition coefficient (Wildman–Crippen LogP) is 1.60. The highest BCUT2D eigenvalue weighted by atomic mass is 16.5. The second-order valence-corrected chi connectivity index (χ2v) is 5.47. The summed E-state index contributed by atoms with van der Waals surface area (Å²) < 4.78 is 5.34. The van der Waals surface area contributed by atoms with E-state index in [0.717, 1.165) is 39.4 Å². The second kappa shape index (κ2) is 12.9. The highest BCUT2D eigenvalue weighted by Gasteiger charge is 2.08. The zero-order valence-corrected chi connectivity index (χ0v) is 12.5. The second-order valence-electron chi connectivity index (χ2n) is 5.47. The molecule has 0 aromatic carbocycles. The third-order valence-corrected chi connectivity index (χ3v) is 3.74. The maximum atomic E-state index is 5.47. The Balaban J connectivity index is 1.71. The van der Waals surface area contributed by atoms with Gasteiger partial charge in [0.2, 0.25) is 0 Å². The van der Waals surface area contributed by atoms with E-state index in [-0.39, 0.29) is 0 Å². The summed E-state index contributed by atoms with van der Waals surface area (Å²) in [4.78, 5) is 2.50. The van der Waals surface area contributed by atoms with Crippen molar-refractivity contribution in [3.05, 3.63) is 0 Å². The molecule has 19 heavy (non-hydrogen) atoms. The molecule has 0 saturated carbocycles. The molecule has 0 aromatic heterocycles. The molecule has 4 nitrogen and oxygen atoms in total. The lowest BCUT2D eigenvalue weighted by Gasteiger charge is -2.26. The number of morpholine rings is 1. The maximum absolute atomic E-state index is 5.47. The number of ether oxygens (including phenoxy) is 1. The SMILES string of the molecule is NCCCCCCCCNCCCN1CCOCC1. The van der Waals surface area contributed by atoms with Crippen LogP contribution >= 0.6 is 0 Å². The van der Waals surface area contributed by atoms with Crippen LogP contribution in [0, 0.1) is 0 Å². The minimum Gasteiger partial charge on any atom is -0.379 e. The molecule has 3 N–H and O–H groups in total. The normalized spacial score (nSPS) is 16.9. The number of unbranched alkanes of at least 4 members (excludes halogenated alkanes) is 5. The Morgan fingerprint density at radius 2 is 1.47 bits per heavy atom. The lowest BCUT2D eigenvalue weighted by Crippen LogP contribution is -2.37. The Morgan fingerprint density at radius 3 is 2.21 bits per heavy atom. The highest BCUT2D eigenvalue weighted by molar-refractivity contribution is 4.62. The van der Waals surface area contributed by atoms with Crippen LogP contribution in [0.5, 0.6) is 0 Å². The van der Waals surface area contributed by atoms with E-state index in [4.69, 9.17) is 10.5 Å². The number of hydrogen-bond acceptors (Lipinski definition) is 4. The van der Waals surface area contributed by atoms with Gasteiger partial charge in [0.25, 0.3) is 0 Å². The highest BCUT2D eigenvalue weighted by Crippen LogP contribution is 2.04. The average Bonchev–Trinajstić information content (AvgIpc) is 2.46. The molecule has 0 radical (unpaired) electrons. The Hall–Kier alpha value is -0.160. The molecule has 1 aliphatic rings. The van der Waals surface area contributed by atoms with Crippen LogP contribution < -0.4 is 11.1 Å². The van der Waals surface area contributed by atoms with Crippen molar-refractivity contribution >= 4 is 0 Å². The molecule has 0 unspecified atom stereocenters. The molecule has 1 rings (SSSR count). The van der Waals surface area contributed by atoms with Crippen LogP contribution in [-0.2, 0) is 4.74 Å². The lowest BCUT2D eigenvalue weighted by molar-refractivity contribution is 0.0374. The van der Waals surface area contributed by atoms with Crippen LogP contribution in [0.3, 0.4) is 0 Å². The van der Waals surface area contributed by atoms with E-state index in [2.05, 4.69) is 10.2 Å². The van der Waals surface area contributed by atoms with Gasteiger partial charge in [-0.25, -0.2) is 0 Å². The Labute approximate surface area is 119 Å². The van der Waals surface area contributed by atoms with Gasteiger partial charge in [-0.15, -0.1) is 0 Å². The Bertz CT molecular complexity index is 184. The summed E-state index contributed by atoms with van der Waals surface area (Å²) in [7, 11) is 0. The molecule has 0 aliphatic carbocycles. The summed E-state index contributed by atoms with van der Waals surface area (Å²) in [5.41, 5.74) is 5.47. The van der Waals surface area contributed by atoms with Gasteiger partial charge < -0.3 is 15.8 Å². The van der Waals surface area contributed by atoms with E-state index < -0.39 is 0 Å². The minimum atomic E-state index is 0.852. The van der Waals surface area contributed by atoms with Gasteiger partial charge in [-0.05, 0) is 45.4 Å². The van der Waals surface area contributed by atoms with E-state index in [1.54, 1.807) is 0 Å². The molecular weight excluding hydrogens is 238 g/mol. The molecule has 0 amide bonds. The van der Waals surface area contributed by atoms with Gasteiger partial charge >= 0.3 is 0 Å². The van der Waals surface area contributed by atoms with Crippen molar-refractivity contribution in [1.29, 1.82) is 0 Å². The summed E-state index contributed by atoms with van der Waals surface area (Å²) in [5.74, 6) is 0. The zero-order chi connectivity index (χ0) is 13.6. The fourth-order valence-electron chi connectivity index (χ4n) is 2.48. The number of nitrogens with one attached hydrogen (secondary N) is 1. The molecule has 1 saturated heterocycles. The molecule has 0 bridgehead atoms. The van der Waals surface area contributed by atoms with Crippen LogP contribution in [-0.4, -0.2) is 57.4 Å². The molecule has 0 aromatic rings. The first-order valence-corrected chi connectivity index (χ1v) is 8.14. The molecule has 0 atom stereocenters. The van der Waals surface area contributed by atoms with Crippen molar-refractivity contribution in [2.75, 3.05) is 52.5 Å². The maximum Gasteiger partial charge on any atom is 0.0594 e. The van der Waals surface area contributed by atoms with Gasteiger partial charge in [0.15, 0.2) is 0 Å². The van der Waals surface area contributed by atoms with Gasteiger partial charge in [0.05, 0.1) is 13.2 Å². The van der Waals surface area contributed by atoms with Gasteiger partial charge in [0.1, 0.15) is 0 Å². The number of hydrogen-bond donors (Lipinski definition) is 2. The summed E-state index contributed by atoms with van der Waals surface area (Å²) in [6.07, 6.45) is 9.17. The minimum absolute atomic E-state index is 0.852. The molecule has 1 fully saturated rings. The zero-order valence-electron chi connectivity index (χ0n) is 12.5. The standard InChI is InChI=1S/C15H33N3O/c16-8-5-3-1-2-4-6-9-17-10-7-11-18-12-14-19-15-13-18/h17H,1-16H2. The summed E-state index contributed by atoms with van der Waals surface area (Å²) in [5, 5.41) is 3.55. The number of nitrogens with two attached hydrogens (primary N) is 1. The molecule has 0 spiro atoms. The summed E-state index contributed by atoms with van der Waals surface area (Å²) in [6, 6.07) is 0. The fourth-order valence-corrected chi connectivity index (χ4v) is 2.48. The van der Waals surface area contributed by atoms with Crippen LogP contribution in [0.2, 0.25) is 0 Å². The van der Waals surface area contributed by atoms with Crippen LogP contribution in [0.15, 0.2) is 0 Å². The van der Waals surface area contributed by atoms with Crippen LogP contribution in [0.25, 0.3) is 0 Å². The van der Waals surface area contributed by atoms with Gasteiger partial charge in [0, 0.05) is 13.1 Å². The van der Waals surface area contributed by atoms with Gasteiger partial charge in [-0.3, -0.25) is 4.90 Å². The summed E-state index contributed by atoms with van der Waals surface area (Å²) >= 11 is 0. The van der Waals surface area contributed by atoms with Crippen molar-refractivity contribution in [3.8, 4) is 0 Å². The van der Waals surface area contributed by atoms with Crippen molar-refractivity contribution in [3.63, 3.8) is 0 Å². The largest absolute Gasteiger partial charge is 0.379 e. The van der Waals surface area contributed by atoms with Gasteiger partial charge in [-0.1, -0.05) is 25.7 Å². The number of rotatable bonds is 12. The molecule has 1 heterocycles. The molecule has 114 valence electrons. The van der Waals surface area contributed by atoms with E-state index in [0.29, 0.717) is 0 Å². The quantitative estimate of drug-likeness (QED) is 0.529. The smallest absolute Gasteiger partial charge is 0.0594 e. The van der Waals surface area contributed by atoms with Gasteiger partial charge in [-0.2, -0.15) is 0 Å². The molecule has 4 heteroatoms. The molecular formula is C15H33N3O. The first-order chi connectivity index (χ1) is 9.43. The van der Waals surface area contributed by atoms with Crippen molar-refractivity contribution in [1.82, 2.24) is 10.2 Å². The first kappa shape index (κ1) is 16.9. The van der Waals surface area contributed by atoms with E-state index in [1.807, 2.05) is 0 Å². The Morgan fingerprint density at radius 1 is 0.842 bits per heavy atom. The average molecular weight is 271 g/mol. The van der Waals surface area contributed by atoms with Crippen molar-refractivity contribution in [2.45, 2.75) is 44.9 Å². The number of nitrogens with zero attached hydrogens (tertiary/aromatic N) is 1. The van der Waals surface area contributed by atoms with Crippen molar-refractivity contribution < 1.29 is 4.74 Å². The third kappa shape index (κ3) is 10.3. The molecule has 1 aliphatic heterocycles. The predicted molar refractivity (Wildman–Crippen MR) is 81.5 cm³/mol. The first-order valence-electron chi connectivity index (χ1n) is 8.14. The Kier molecular flexibility index (Phi) is 11.4. The van der Waals surface area contributed by atoms with Crippen LogP contribution in [0.1, 0.15) is 44.9 Å². The topological polar surface area (TPSA) is 50.5 Å². The third-order valence-electron chi connectivity index (χ3n) is 3.74. The fraction of sp³-hybridized carbons (Fsp3) is 1.00. The van der Waals surface area contributed by atoms with E-state index in [1.165, 1.54) is 58.0 Å². The monoisotopic (exact) mass is 271 g/mol. The van der Waals surface area contributed by atoms with E-state index in [9.17, 15) is 0 Å². The van der Waals surface area contributed by atoms with E-state index >= 15 is 0 Å². The lowest BCUT2D eigenvalue weighted by atomic mass is 10.1. The van der Waals surface area contributed by atoms with Crippen molar-refractivity contribution in [2.24, 2.45) is 5.73 Å². The summed E-state index contributed by atoms with van der Waals surface area (Å²) in [6.45, 7) is 8.46. The van der Waals surface area contributed by atoms with Crippen LogP contribution in [0.4, 0.5) is 0 Å².